The first kappa shape index (κ1) is 19.7. The standard InChI is InChI=1S/C19H24N2O5/c1-20(2)10-6-11-21(12-9-17(22)25-3)18(23)15-13-14-7-4-5-8-16(14)26-19(15)24/h4-5,7-8,13H,6,9-12H2,1-3H3. The lowest BCUT2D eigenvalue weighted by molar-refractivity contribution is -0.140. The van der Waals surface area contributed by atoms with E-state index in [9.17, 15) is 14.4 Å². The van der Waals surface area contributed by atoms with Crippen LogP contribution in [0, 0.1) is 0 Å². The topological polar surface area (TPSA) is 80.1 Å². The molecular weight excluding hydrogens is 336 g/mol. The fourth-order valence-electron chi connectivity index (χ4n) is 2.60. The number of fused-ring (bicyclic) bond motifs is 1. The molecule has 0 atom stereocenters. The van der Waals surface area contributed by atoms with Gasteiger partial charge < -0.3 is 19.0 Å². The molecule has 0 aliphatic carbocycles. The number of hydrogen-bond donors (Lipinski definition) is 0. The van der Waals surface area contributed by atoms with Gasteiger partial charge in [0.25, 0.3) is 5.91 Å². The number of para-hydroxylation sites is 1. The van der Waals surface area contributed by atoms with Crippen LogP contribution in [0.25, 0.3) is 11.0 Å². The Morgan fingerprint density at radius 1 is 1.12 bits per heavy atom. The molecule has 0 bridgehead atoms. The number of carbonyl (C=O) groups is 2. The van der Waals surface area contributed by atoms with Gasteiger partial charge in [-0.15, -0.1) is 0 Å². The van der Waals surface area contributed by atoms with E-state index >= 15 is 0 Å². The molecule has 0 aliphatic rings. The summed E-state index contributed by atoms with van der Waals surface area (Å²) in [6, 6.07) is 8.57. The van der Waals surface area contributed by atoms with Gasteiger partial charge in [-0.3, -0.25) is 9.59 Å². The monoisotopic (exact) mass is 360 g/mol. The summed E-state index contributed by atoms with van der Waals surface area (Å²) in [4.78, 5) is 40.1. The minimum atomic E-state index is -0.677. The van der Waals surface area contributed by atoms with Gasteiger partial charge in [-0.05, 0) is 39.2 Å². The predicted octanol–water partition coefficient (Wildman–Crippen LogP) is 1.75. The van der Waals surface area contributed by atoms with E-state index in [1.807, 2.05) is 25.1 Å². The van der Waals surface area contributed by atoms with Crippen molar-refractivity contribution in [2.45, 2.75) is 12.8 Å². The molecule has 7 nitrogen and oxygen atoms in total. The molecular formula is C19H24N2O5. The molecule has 0 N–H and O–H groups in total. The zero-order chi connectivity index (χ0) is 19.1. The Kier molecular flexibility index (Phi) is 6.91. The van der Waals surface area contributed by atoms with Gasteiger partial charge >= 0.3 is 11.6 Å². The normalized spacial score (nSPS) is 10.9. The lowest BCUT2D eigenvalue weighted by atomic mass is 10.1. The molecule has 0 unspecified atom stereocenters. The SMILES string of the molecule is COC(=O)CCN(CCCN(C)C)C(=O)c1cc2ccccc2oc1=O. The van der Waals surface area contributed by atoms with Crippen LogP contribution in [0.4, 0.5) is 0 Å². The van der Waals surface area contributed by atoms with Gasteiger partial charge in [0.1, 0.15) is 11.1 Å². The quantitative estimate of drug-likeness (QED) is 0.527. The third kappa shape index (κ3) is 5.16. The first-order valence-electron chi connectivity index (χ1n) is 8.46. The highest BCUT2D eigenvalue weighted by Crippen LogP contribution is 2.14. The Labute approximate surface area is 152 Å². The molecule has 7 heteroatoms. The largest absolute Gasteiger partial charge is 0.469 e. The van der Waals surface area contributed by atoms with Gasteiger partial charge in [-0.2, -0.15) is 0 Å². The lowest BCUT2D eigenvalue weighted by Gasteiger charge is -2.23. The first-order valence-corrected chi connectivity index (χ1v) is 8.46. The molecule has 1 aromatic heterocycles. The fraction of sp³-hybridized carbons (Fsp3) is 0.421. The molecule has 1 heterocycles. The highest BCUT2D eigenvalue weighted by Gasteiger charge is 2.21. The number of amides is 1. The molecule has 1 aromatic carbocycles. The number of methoxy groups -OCH3 is 1. The summed E-state index contributed by atoms with van der Waals surface area (Å²) in [7, 11) is 5.19. The van der Waals surface area contributed by atoms with Crippen LogP contribution >= 0.6 is 0 Å². The number of hydrogen-bond acceptors (Lipinski definition) is 6. The van der Waals surface area contributed by atoms with Crippen molar-refractivity contribution in [3.05, 3.63) is 46.3 Å². The number of esters is 1. The lowest BCUT2D eigenvalue weighted by Crippen LogP contribution is -2.37. The van der Waals surface area contributed by atoms with Gasteiger partial charge in [-0.25, -0.2) is 4.79 Å². The molecule has 0 fully saturated rings. The van der Waals surface area contributed by atoms with Crippen LogP contribution in [0.3, 0.4) is 0 Å². The molecule has 26 heavy (non-hydrogen) atoms. The highest BCUT2D eigenvalue weighted by molar-refractivity contribution is 5.96. The summed E-state index contributed by atoms with van der Waals surface area (Å²) in [6.45, 7) is 1.40. The zero-order valence-electron chi connectivity index (χ0n) is 15.4. The van der Waals surface area contributed by atoms with E-state index in [2.05, 4.69) is 4.74 Å². The summed E-state index contributed by atoms with van der Waals surface area (Å²) >= 11 is 0. The molecule has 2 aromatic rings. The van der Waals surface area contributed by atoms with E-state index in [0.717, 1.165) is 13.0 Å². The summed E-state index contributed by atoms with van der Waals surface area (Å²) < 4.78 is 9.90. The maximum Gasteiger partial charge on any atom is 0.349 e. The molecule has 2 rings (SSSR count). The molecule has 140 valence electrons. The van der Waals surface area contributed by atoms with E-state index in [4.69, 9.17) is 4.42 Å². The Morgan fingerprint density at radius 2 is 1.85 bits per heavy atom. The second-order valence-corrected chi connectivity index (χ2v) is 6.26. The number of rotatable bonds is 8. The molecule has 0 spiro atoms. The summed E-state index contributed by atoms with van der Waals surface area (Å²) in [6.07, 6.45) is 0.794. The predicted molar refractivity (Wildman–Crippen MR) is 98.2 cm³/mol. The molecule has 0 radical (unpaired) electrons. The maximum atomic E-state index is 12.9. The van der Waals surface area contributed by atoms with Crippen molar-refractivity contribution in [1.82, 2.24) is 9.80 Å². The average Bonchev–Trinajstić information content (AvgIpc) is 2.62. The van der Waals surface area contributed by atoms with Crippen LogP contribution in [0.5, 0.6) is 0 Å². The maximum absolute atomic E-state index is 12.9. The van der Waals surface area contributed by atoms with Crippen molar-refractivity contribution in [3.8, 4) is 0 Å². The molecule has 0 saturated carbocycles. The first-order chi connectivity index (χ1) is 12.4. The number of ether oxygens (including phenoxy) is 1. The van der Waals surface area contributed by atoms with Crippen molar-refractivity contribution in [3.63, 3.8) is 0 Å². The van der Waals surface area contributed by atoms with Crippen molar-refractivity contribution in [1.29, 1.82) is 0 Å². The third-order valence-corrected chi connectivity index (χ3v) is 4.01. The fourth-order valence-corrected chi connectivity index (χ4v) is 2.60. The van der Waals surface area contributed by atoms with Crippen LogP contribution in [-0.4, -0.2) is 62.5 Å². The Morgan fingerprint density at radius 3 is 2.54 bits per heavy atom. The second-order valence-electron chi connectivity index (χ2n) is 6.26. The van der Waals surface area contributed by atoms with Crippen molar-refractivity contribution < 1.29 is 18.7 Å². The smallest absolute Gasteiger partial charge is 0.349 e. The summed E-state index contributed by atoms with van der Waals surface area (Å²) in [5.41, 5.74) is -0.273. The highest BCUT2D eigenvalue weighted by atomic mass is 16.5. The Bertz CT molecular complexity index is 828. The number of nitrogens with zero attached hydrogens (tertiary/aromatic N) is 2. The average molecular weight is 360 g/mol. The number of benzene rings is 1. The molecule has 0 saturated heterocycles. The van der Waals surface area contributed by atoms with E-state index in [1.54, 1.807) is 24.3 Å². The van der Waals surface area contributed by atoms with E-state index < -0.39 is 17.5 Å². The van der Waals surface area contributed by atoms with Gasteiger partial charge in [0.2, 0.25) is 0 Å². The van der Waals surface area contributed by atoms with Crippen LogP contribution in [-0.2, 0) is 9.53 Å². The van der Waals surface area contributed by atoms with Crippen LogP contribution < -0.4 is 5.63 Å². The van der Waals surface area contributed by atoms with Crippen LogP contribution in [0.2, 0.25) is 0 Å². The van der Waals surface area contributed by atoms with Crippen molar-refractivity contribution >= 4 is 22.8 Å². The summed E-state index contributed by atoms with van der Waals surface area (Å²) in [5, 5.41) is 0.677. The zero-order valence-corrected chi connectivity index (χ0v) is 15.4. The molecule has 1 amide bonds. The van der Waals surface area contributed by atoms with E-state index in [0.29, 0.717) is 17.5 Å². The summed E-state index contributed by atoms with van der Waals surface area (Å²) in [5.74, 6) is -0.840. The Balaban J connectivity index is 2.24. The van der Waals surface area contributed by atoms with Gasteiger partial charge in [0, 0.05) is 18.5 Å². The van der Waals surface area contributed by atoms with Crippen LogP contribution in [0.1, 0.15) is 23.2 Å². The van der Waals surface area contributed by atoms with Crippen molar-refractivity contribution in [2.75, 3.05) is 40.8 Å². The van der Waals surface area contributed by atoms with E-state index in [1.165, 1.54) is 12.0 Å². The molecule has 0 aliphatic heterocycles. The Hall–Kier alpha value is -2.67. The number of carbonyl (C=O) groups excluding carboxylic acids is 2. The van der Waals surface area contributed by atoms with Gasteiger partial charge in [0.15, 0.2) is 0 Å². The van der Waals surface area contributed by atoms with Crippen molar-refractivity contribution in [2.24, 2.45) is 0 Å². The van der Waals surface area contributed by atoms with Gasteiger partial charge in [0.05, 0.1) is 13.5 Å². The van der Waals surface area contributed by atoms with E-state index in [-0.39, 0.29) is 18.5 Å². The van der Waals surface area contributed by atoms with Crippen LogP contribution in [0.15, 0.2) is 39.5 Å². The minimum absolute atomic E-state index is 0.0292. The third-order valence-electron chi connectivity index (χ3n) is 4.01. The second kappa shape index (κ2) is 9.15. The van der Waals surface area contributed by atoms with Gasteiger partial charge in [-0.1, -0.05) is 18.2 Å². The minimum Gasteiger partial charge on any atom is -0.469 e.